The fourth-order valence-electron chi connectivity index (χ4n) is 4.97. The lowest BCUT2D eigenvalue weighted by Gasteiger charge is -2.33. The van der Waals surface area contributed by atoms with Crippen molar-refractivity contribution in [2.75, 3.05) is 6.61 Å². The zero-order chi connectivity index (χ0) is 19.6. The van der Waals surface area contributed by atoms with Crippen molar-refractivity contribution in [2.45, 2.75) is 146 Å². The van der Waals surface area contributed by atoms with Gasteiger partial charge in [-0.25, -0.2) is 0 Å². The molecule has 0 radical (unpaired) electrons. The van der Waals surface area contributed by atoms with Crippen molar-refractivity contribution in [2.24, 2.45) is 0 Å². The first kappa shape index (κ1) is 22.5. The number of hydrogen-bond acceptors (Lipinski definition) is 4. The fraction of sp³-hybridized carbons (Fsp3) is 1.00. The molecule has 0 saturated carbocycles. The molecule has 0 spiro atoms. The van der Waals surface area contributed by atoms with Gasteiger partial charge in [0, 0.05) is 0 Å². The molecule has 1 N–H and O–H groups in total. The average molecular weight is 397 g/mol. The van der Waals surface area contributed by atoms with E-state index in [1.807, 2.05) is 0 Å². The van der Waals surface area contributed by atoms with Gasteiger partial charge in [-0.2, -0.15) is 0 Å². The van der Waals surface area contributed by atoms with E-state index in [9.17, 15) is 5.11 Å². The lowest BCUT2D eigenvalue weighted by Crippen LogP contribution is -2.39. The van der Waals surface area contributed by atoms with Gasteiger partial charge in [0.2, 0.25) is 0 Å². The zero-order valence-corrected chi connectivity index (χ0v) is 18.2. The Labute approximate surface area is 172 Å². The first-order valence-electron chi connectivity index (χ1n) is 12.4. The molecule has 3 saturated heterocycles. The van der Waals surface area contributed by atoms with Crippen molar-refractivity contribution in [3.63, 3.8) is 0 Å². The molecule has 0 amide bonds. The first-order chi connectivity index (χ1) is 13.8. The quantitative estimate of drug-likeness (QED) is 0.309. The predicted molar refractivity (Wildman–Crippen MR) is 113 cm³/mol. The minimum Gasteiger partial charge on any atom is -0.390 e. The molecule has 164 valence electrons. The number of hydrogen-bond donors (Lipinski definition) is 1. The molecule has 0 aromatic heterocycles. The van der Waals surface area contributed by atoms with E-state index in [0.717, 1.165) is 45.1 Å². The third-order valence-electron chi connectivity index (χ3n) is 6.88. The van der Waals surface area contributed by atoms with Gasteiger partial charge in [-0.3, -0.25) is 0 Å². The van der Waals surface area contributed by atoms with E-state index in [2.05, 4.69) is 6.92 Å². The van der Waals surface area contributed by atoms with Crippen LogP contribution in [0.2, 0.25) is 0 Å². The van der Waals surface area contributed by atoms with Gasteiger partial charge in [0.05, 0.1) is 37.1 Å². The lowest BCUT2D eigenvalue weighted by atomic mass is 9.97. The molecule has 0 aromatic rings. The number of aliphatic hydroxyl groups is 1. The Bertz CT molecular complexity index is 411. The lowest BCUT2D eigenvalue weighted by molar-refractivity contribution is -0.138. The van der Waals surface area contributed by atoms with Gasteiger partial charge in [0.25, 0.3) is 0 Å². The topological polar surface area (TPSA) is 51.2 Å². The molecular formula is C24H44O4. The monoisotopic (exact) mass is 396 g/mol. The first-order valence-corrected chi connectivity index (χ1v) is 12.4. The second-order valence-corrected chi connectivity index (χ2v) is 9.34. The largest absolute Gasteiger partial charge is 0.390 e. The summed E-state index contributed by atoms with van der Waals surface area (Å²) in [5.74, 6) is 0. The summed E-state index contributed by atoms with van der Waals surface area (Å²) in [5.41, 5.74) is 0. The van der Waals surface area contributed by atoms with Crippen LogP contribution in [0.3, 0.4) is 0 Å². The van der Waals surface area contributed by atoms with Crippen LogP contribution in [0.1, 0.15) is 110 Å². The molecule has 4 heteroatoms. The minimum absolute atomic E-state index is 0.0183. The van der Waals surface area contributed by atoms with Crippen LogP contribution in [0.15, 0.2) is 0 Å². The summed E-state index contributed by atoms with van der Waals surface area (Å²) in [6, 6.07) is 0. The van der Waals surface area contributed by atoms with Crippen molar-refractivity contribution in [3.8, 4) is 0 Å². The highest BCUT2D eigenvalue weighted by atomic mass is 16.6. The third-order valence-corrected chi connectivity index (χ3v) is 6.88. The molecule has 3 heterocycles. The second kappa shape index (κ2) is 12.5. The van der Waals surface area contributed by atoms with Crippen LogP contribution in [0.5, 0.6) is 0 Å². The molecule has 0 unspecified atom stereocenters. The second-order valence-electron chi connectivity index (χ2n) is 9.34. The Morgan fingerprint density at radius 1 is 0.714 bits per heavy atom. The molecule has 3 fully saturated rings. The van der Waals surface area contributed by atoms with Gasteiger partial charge >= 0.3 is 0 Å². The molecule has 4 nitrogen and oxygen atoms in total. The predicted octanol–water partition coefficient (Wildman–Crippen LogP) is 5.54. The Balaban J connectivity index is 1.20. The smallest absolute Gasteiger partial charge is 0.107 e. The molecule has 6 atom stereocenters. The maximum atomic E-state index is 10.6. The van der Waals surface area contributed by atoms with E-state index in [4.69, 9.17) is 14.2 Å². The highest BCUT2D eigenvalue weighted by Crippen LogP contribution is 2.35. The SMILES string of the molecule is CCCCCCCCCCCC[C@@H](O)[C@H]1CC[C@@H]([C@H]2CCC[C@@H]([C@@H]3CO3)O2)O1. The summed E-state index contributed by atoms with van der Waals surface area (Å²) in [4.78, 5) is 0. The third kappa shape index (κ3) is 7.59. The maximum absolute atomic E-state index is 10.6. The molecule has 0 bridgehead atoms. The standard InChI is InChI=1S/C24H44O4/c1-2-3-4-5-6-7-8-9-10-11-13-19(25)20-16-17-23(27-20)21-14-12-15-22(28-21)24-18-26-24/h19-25H,2-18H2,1H3/t19-,20-,21-,22+,23+,24+/m1/s1. The van der Waals surface area contributed by atoms with Gasteiger partial charge in [-0.05, 0) is 38.5 Å². The van der Waals surface area contributed by atoms with Crippen LogP contribution >= 0.6 is 0 Å². The summed E-state index contributed by atoms with van der Waals surface area (Å²) in [6.45, 7) is 3.14. The summed E-state index contributed by atoms with van der Waals surface area (Å²) < 4.78 is 17.9. The molecule has 0 aliphatic carbocycles. The van der Waals surface area contributed by atoms with Crippen LogP contribution in [-0.2, 0) is 14.2 Å². The summed E-state index contributed by atoms with van der Waals surface area (Å²) in [7, 11) is 0. The highest BCUT2D eigenvalue weighted by molar-refractivity contribution is 4.89. The summed E-state index contributed by atoms with van der Waals surface area (Å²) >= 11 is 0. The molecular weight excluding hydrogens is 352 g/mol. The van der Waals surface area contributed by atoms with Crippen molar-refractivity contribution < 1.29 is 19.3 Å². The van der Waals surface area contributed by atoms with Crippen LogP contribution in [0.25, 0.3) is 0 Å². The van der Waals surface area contributed by atoms with E-state index in [1.54, 1.807) is 0 Å². The van der Waals surface area contributed by atoms with Crippen LogP contribution < -0.4 is 0 Å². The average Bonchev–Trinajstić information content (AvgIpc) is 3.45. The van der Waals surface area contributed by atoms with E-state index in [0.29, 0.717) is 6.10 Å². The van der Waals surface area contributed by atoms with Gasteiger partial charge < -0.3 is 19.3 Å². The number of epoxide rings is 1. The number of unbranched alkanes of at least 4 members (excludes halogenated alkanes) is 9. The normalized spacial score (nSPS) is 33.9. The van der Waals surface area contributed by atoms with Gasteiger partial charge in [-0.15, -0.1) is 0 Å². The van der Waals surface area contributed by atoms with Crippen molar-refractivity contribution in [1.29, 1.82) is 0 Å². The maximum Gasteiger partial charge on any atom is 0.107 e. The number of rotatable bonds is 14. The van der Waals surface area contributed by atoms with Gasteiger partial charge in [0.15, 0.2) is 0 Å². The summed E-state index contributed by atoms with van der Waals surface area (Å²) in [5, 5.41) is 10.6. The molecule has 28 heavy (non-hydrogen) atoms. The fourth-order valence-corrected chi connectivity index (χ4v) is 4.97. The Morgan fingerprint density at radius 3 is 1.93 bits per heavy atom. The number of ether oxygens (including phenoxy) is 3. The molecule has 3 aliphatic rings. The summed E-state index contributed by atoms with van der Waals surface area (Å²) in [6.07, 6.45) is 20.4. The van der Waals surface area contributed by atoms with Crippen LogP contribution in [0.4, 0.5) is 0 Å². The van der Waals surface area contributed by atoms with Crippen molar-refractivity contribution in [3.05, 3.63) is 0 Å². The van der Waals surface area contributed by atoms with Gasteiger partial charge in [0.1, 0.15) is 6.10 Å². The minimum atomic E-state index is -0.301. The van der Waals surface area contributed by atoms with Crippen molar-refractivity contribution in [1.82, 2.24) is 0 Å². The van der Waals surface area contributed by atoms with E-state index in [1.165, 1.54) is 64.2 Å². The molecule has 0 aromatic carbocycles. The molecule has 3 aliphatic heterocycles. The Kier molecular flexibility index (Phi) is 10.1. The highest BCUT2D eigenvalue weighted by Gasteiger charge is 2.42. The number of aliphatic hydroxyl groups excluding tert-OH is 1. The molecule has 3 rings (SSSR count). The van der Waals surface area contributed by atoms with Crippen LogP contribution in [0, 0.1) is 0 Å². The van der Waals surface area contributed by atoms with Crippen molar-refractivity contribution >= 4 is 0 Å². The Hall–Kier alpha value is -0.160. The van der Waals surface area contributed by atoms with E-state index >= 15 is 0 Å². The van der Waals surface area contributed by atoms with Crippen LogP contribution in [-0.4, -0.2) is 48.3 Å². The van der Waals surface area contributed by atoms with E-state index < -0.39 is 0 Å². The van der Waals surface area contributed by atoms with E-state index in [-0.39, 0.29) is 30.5 Å². The Morgan fingerprint density at radius 2 is 1.29 bits per heavy atom. The van der Waals surface area contributed by atoms with Gasteiger partial charge in [-0.1, -0.05) is 71.1 Å². The zero-order valence-electron chi connectivity index (χ0n) is 18.2.